The summed E-state index contributed by atoms with van der Waals surface area (Å²) in [6.07, 6.45) is -1.91. The van der Waals surface area contributed by atoms with E-state index in [0.717, 1.165) is 17.8 Å². The second-order valence-corrected chi connectivity index (χ2v) is 5.42. The molecule has 0 aliphatic heterocycles. The molecular weight excluding hydrogens is 315 g/mol. The van der Waals surface area contributed by atoms with Gasteiger partial charge in [0.25, 0.3) is 0 Å². The number of alkyl halides is 3. The van der Waals surface area contributed by atoms with Crippen molar-refractivity contribution in [2.24, 2.45) is 16.5 Å². The molecule has 1 amide bonds. The highest BCUT2D eigenvalue weighted by Crippen LogP contribution is 2.38. The molecule has 1 aromatic carbocycles. The molecule has 0 spiro atoms. The van der Waals surface area contributed by atoms with E-state index in [4.69, 9.17) is 11.5 Å². The van der Waals surface area contributed by atoms with Gasteiger partial charge in [0.2, 0.25) is 5.91 Å². The summed E-state index contributed by atoms with van der Waals surface area (Å²) >= 11 is 0.938. The number of nitrogens with zero attached hydrogens (tertiary/aromatic N) is 1. The third-order valence-electron chi connectivity index (χ3n) is 2.67. The summed E-state index contributed by atoms with van der Waals surface area (Å²) in [4.78, 5) is 14.5. The third-order valence-corrected chi connectivity index (χ3v) is 3.75. The average Bonchev–Trinajstić information content (AvgIpc) is 2.43. The highest BCUT2D eigenvalue weighted by Gasteiger charge is 2.34. The zero-order chi connectivity index (χ0) is 16.8. The lowest BCUT2D eigenvalue weighted by molar-refractivity contribution is -0.139. The molecule has 0 heterocycles. The van der Waals surface area contributed by atoms with Crippen molar-refractivity contribution in [1.82, 2.24) is 0 Å². The van der Waals surface area contributed by atoms with E-state index in [1.54, 1.807) is 0 Å². The number of amides is 1. The summed E-state index contributed by atoms with van der Waals surface area (Å²) in [6, 6.07) is 3.91. The zero-order valence-electron chi connectivity index (χ0n) is 11.9. The molecule has 22 heavy (non-hydrogen) atoms. The van der Waals surface area contributed by atoms with Crippen LogP contribution in [-0.4, -0.2) is 24.9 Å². The number of thioether (sulfide) groups is 1. The minimum absolute atomic E-state index is 0.0140. The fourth-order valence-corrected chi connectivity index (χ4v) is 2.69. The van der Waals surface area contributed by atoms with E-state index >= 15 is 0 Å². The molecule has 120 valence electrons. The number of carbonyl (C=O) groups is 1. The standard InChI is InChI=1S/C14H16F3N3OS/c1-20-8-10(7-18)9-2-3-12(22-5-4-13(19)21)11(6-9)14(15,16)17/h2-3,6-8H,4-5,18H2,1H3,(H2,19,21)/b10-7+,20-8?. The second-order valence-electron chi connectivity index (χ2n) is 4.28. The molecule has 0 aliphatic rings. The molecule has 0 aliphatic carbocycles. The Labute approximate surface area is 130 Å². The van der Waals surface area contributed by atoms with Gasteiger partial charge >= 0.3 is 6.18 Å². The van der Waals surface area contributed by atoms with Gasteiger partial charge in [0.05, 0.1) is 5.56 Å². The van der Waals surface area contributed by atoms with Gasteiger partial charge in [0.15, 0.2) is 0 Å². The summed E-state index contributed by atoms with van der Waals surface area (Å²) in [5.74, 6) is -0.362. The number of hydrogen-bond acceptors (Lipinski definition) is 4. The number of allylic oxidation sites excluding steroid dienone is 1. The van der Waals surface area contributed by atoms with Gasteiger partial charge in [-0.05, 0) is 17.7 Å². The van der Waals surface area contributed by atoms with Gasteiger partial charge < -0.3 is 11.5 Å². The Balaban J connectivity index is 3.17. The molecule has 4 N–H and O–H groups in total. The van der Waals surface area contributed by atoms with Crippen LogP contribution in [0.1, 0.15) is 17.5 Å². The van der Waals surface area contributed by atoms with E-state index in [0.29, 0.717) is 11.1 Å². The molecule has 0 fully saturated rings. The van der Waals surface area contributed by atoms with Crippen molar-refractivity contribution >= 4 is 29.5 Å². The topological polar surface area (TPSA) is 81.5 Å². The van der Waals surface area contributed by atoms with Crippen LogP contribution in [0.3, 0.4) is 0 Å². The molecule has 0 saturated carbocycles. The van der Waals surface area contributed by atoms with Crippen molar-refractivity contribution in [3.63, 3.8) is 0 Å². The Bertz CT molecular complexity index is 597. The van der Waals surface area contributed by atoms with E-state index in [1.165, 1.54) is 31.6 Å². The van der Waals surface area contributed by atoms with Crippen LogP contribution in [0, 0.1) is 0 Å². The molecule has 0 radical (unpaired) electrons. The lowest BCUT2D eigenvalue weighted by atomic mass is 10.0. The van der Waals surface area contributed by atoms with E-state index in [9.17, 15) is 18.0 Å². The van der Waals surface area contributed by atoms with E-state index < -0.39 is 17.6 Å². The number of aliphatic imine (C=N–C) groups is 1. The van der Waals surface area contributed by atoms with Gasteiger partial charge in [-0.15, -0.1) is 11.8 Å². The van der Waals surface area contributed by atoms with Crippen molar-refractivity contribution < 1.29 is 18.0 Å². The molecule has 0 aromatic heterocycles. The second kappa shape index (κ2) is 7.88. The fourth-order valence-electron chi connectivity index (χ4n) is 1.67. The SMILES string of the molecule is CN=C/C(=C\N)c1ccc(SCCC(N)=O)c(C(F)(F)F)c1. The first-order chi connectivity index (χ1) is 10.3. The van der Waals surface area contributed by atoms with Crippen molar-refractivity contribution in [3.05, 3.63) is 35.5 Å². The van der Waals surface area contributed by atoms with Crippen LogP contribution in [-0.2, 0) is 11.0 Å². The highest BCUT2D eigenvalue weighted by atomic mass is 32.2. The lowest BCUT2D eigenvalue weighted by Gasteiger charge is -2.14. The van der Waals surface area contributed by atoms with Crippen LogP contribution < -0.4 is 11.5 Å². The Kier molecular flexibility index (Phi) is 6.48. The molecule has 0 unspecified atom stereocenters. The normalized spacial score (nSPS) is 12.8. The number of nitrogens with two attached hydrogens (primary N) is 2. The summed E-state index contributed by atoms with van der Waals surface area (Å²) in [6.45, 7) is 0. The largest absolute Gasteiger partial charge is 0.417 e. The summed E-state index contributed by atoms with van der Waals surface area (Å²) < 4.78 is 39.5. The number of rotatable bonds is 6. The number of halogens is 3. The van der Waals surface area contributed by atoms with E-state index in [1.807, 2.05) is 0 Å². The Morgan fingerprint density at radius 2 is 2.09 bits per heavy atom. The maximum Gasteiger partial charge on any atom is 0.417 e. The molecule has 4 nitrogen and oxygen atoms in total. The average molecular weight is 331 g/mol. The van der Waals surface area contributed by atoms with E-state index in [-0.39, 0.29) is 17.1 Å². The quantitative estimate of drug-likeness (QED) is 0.621. The Morgan fingerprint density at radius 3 is 2.59 bits per heavy atom. The van der Waals surface area contributed by atoms with Gasteiger partial charge in [-0.2, -0.15) is 13.2 Å². The predicted octanol–water partition coefficient (Wildman–Crippen LogP) is 2.67. The maximum atomic E-state index is 13.2. The third kappa shape index (κ3) is 5.10. The van der Waals surface area contributed by atoms with Crippen LogP contribution >= 0.6 is 11.8 Å². The molecule has 1 rings (SSSR count). The van der Waals surface area contributed by atoms with Crippen LogP contribution in [0.15, 0.2) is 34.3 Å². The van der Waals surface area contributed by atoms with Crippen LogP contribution in [0.25, 0.3) is 5.57 Å². The van der Waals surface area contributed by atoms with Crippen LogP contribution in [0.5, 0.6) is 0 Å². The minimum atomic E-state index is -4.51. The molecule has 0 atom stereocenters. The number of primary amides is 1. The minimum Gasteiger partial charge on any atom is -0.404 e. The lowest BCUT2D eigenvalue weighted by Crippen LogP contribution is -2.12. The number of hydrogen-bond donors (Lipinski definition) is 2. The van der Waals surface area contributed by atoms with Crippen molar-refractivity contribution in [2.45, 2.75) is 17.5 Å². The summed E-state index contributed by atoms with van der Waals surface area (Å²) in [5, 5.41) is 0. The highest BCUT2D eigenvalue weighted by molar-refractivity contribution is 7.99. The summed E-state index contributed by atoms with van der Waals surface area (Å²) in [5.41, 5.74) is 10.3. The fraction of sp³-hybridized carbons (Fsp3) is 0.286. The van der Waals surface area contributed by atoms with Crippen molar-refractivity contribution in [3.8, 4) is 0 Å². The smallest absolute Gasteiger partial charge is 0.404 e. The molecule has 1 aromatic rings. The molecule has 0 bridgehead atoms. The van der Waals surface area contributed by atoms with Crippen molar-refractivity contribution in [1.29, 1.82) is 0 Å². The molecule has 0 saturated heterocycles. The molecule has 8 heteroatoms. The Morgan fingerprint density at radius 1 is 1.41 bits per heavy atom. The first-order valence-electron chi connectivity index (χ1n) is 6.26. The number of benzene rings is 1. The van der Waals surface area contributed by atoms with Gasteiger partial charge in [-0.1, -0.05) is 6.07 Å². The van der Waals surface area contributed by atoms with Gasteiger partial charge in [0, 0.05) is 42.1 Å². The molecular formula is C14H16F3N3OS. The zero-order valence-corrected chi connectivity index (χ0v) is 12.7. The summed E-state index contributed by atoms with van der Waals surface area (Å²) in [7, 11) is 1.50. The van der Waals surface area contributed by atoms with Crippen LogP contribution in [0.4, 0.5) is 13.2 Å². The first kappa shape index (κ1) is 18.1. The monoisotopic (exact) mass is 331 g/mol. The van der Waals surface area contributed by atoms with Crippen LogP contribution in [0.2, 0.25) is 0 Å². The Hall–Kier alpha value is -1.96. The van der Waals surface area contributed by atoms with Gasteiger partial charge in [-0.3, -0.25) is 9.79 Å². The maximum absolute atomic E-state index is 13.2. The first-order valence-corrected chi connectivity index (χ1v) is 7.25. The van der Waals surface area contributed by atoms with Gasteiger partial charge in [-0.25, -0.2) is 0 Å². The van der Waals surface area contributed by atoms with Crippen molar-refractivity contribution in [2.75, 3.05) is 12.8 Å². The van der Waals surface area contributed by atoms with Gasteiger partial charge in [0.1, 0.15) is 0 Å². The predicted molar refractivity (Wildman–Crippen MR) is 82.6 cm³/mol. The van der Waals surface area contributed by atoms with E-state index in [2.05, 4.69) is 4.99 Å². The number of carbonyl (C=O) groups excluding carboxylic acids is 1.